The average molecular weight is 269 g/mol. The Kier molecular flexibility index (Phi) is 4.72. The maximum Gasteiger partial charge on any atom is 0.129 e. The molecule has 0 fully saturated rings. The Hall–Kier alpha value is -0.960. The highest BCUT2D eigenvalue weighted by Gasteiger charge is 2.25. The van der Waals surface area contributed by atoms with Crippen molar-refractivity contribution in [1.82, 2.24) is 5.32 Å². The van der Waals surface area contributed by atoms with Gasteiger partial charge in [-0.05, 0) is 63.3 Å². The van der Waals surface area contributed by atoms with E-state index in [1.54, 1.807) is 13.0 Å². The summed E-state index contributed by atoms with van der Waals surface area (Å²) in [6.07, 6.45) is 0.798. The van der Waals surface area contributed by atoms with Crippen molar-refractivity contribution < 1.29 is 8.78 Å². The highest BCUT2D eigenvalue weighted by molar-refractivity contribution is 5.31. The van der Waals surface area contributed by atoms with Crippen LogP contribution in [-0.2, 0) is 5.41 Å². The average Bonchev–Trinajstić information content (AvgIpc) is 2.20. The van der Waals surface area contributed by atoms with E-state index in [0.717, 1.165) is 19.0 Å². The van der Waals surface area contributed by atoms with Crippen LogP contribution in [0.15, 0.2) is 12.1 Å². The van der Waals surface area contributed by atoms with E-state index in [1.807, 2.05) is 13.8 Å². The molecule has 0 saturated heterocycles. The number of halogens is 2. The van der Waals surface area contributed by atoms with Gasteiger partial charge in [-0.3, -0.25) is 0 Å². The lowest BCUT2D eigenvalue weighted by molar-refractivity contribution is 0.372. The van der Waals surface area contributed by atoms with Gasteiger partial charge in [-0.15, -0.1) is 0 Å². The first-order valence-electron chi connectivity index (χ1n) is 6.74. The molecule has 0 aliphatic heterocycles. The van der Waals surface area contributed by atoms with E-state index < -0.39 is 11.6 Å². The van der Waals surface area contributed by atoms with Crippen LogP contribution >= 0.6 is 0 Å². The minimum Gasteiger partial charge on any atom is -0.312 e. The summed E-state index contributed by atoms with van der Waals surface area (Å²) in [6.45, 7) is 12.8. The highest BCUT2D eigenvalue weighted by Crippen LogP contribution is 2.30. The molecule has 1 aromatic carbocycles. The monoisotopic (exact) mass is 269 g/mol. The molecule has 1 aromatic rings. The van der Waals surface area contributed by atoms with Crippen molar-refractivity contribution in [2.24, 2.45) is 0 Å². The molecule has 0 aliphatic carbocycles. The molecule has 0 unspecified atom stereocenters. The van der Waals surface area contributed by atoms with Gasteiger partial charge in [0.1, 0.15) is 11.6 Å². The molecule has 1 N–H and O–H groups in total. The molecule has 1 rings (SSSR count). The minimum absolute atomic E-state index is 0.0489. The minimum atomic E-state index is -0.482. The van der Waals surface area contributed by atoms with E-state index in [9.17, 15) is 8.78 Å². The first kappa shape index (κ1) is 16.1. The molecule has 0 spiro atoms. The first-order chi connectivity index (χ1) is 8.53. The van der Waals surface area contributed by atoms with Crippen LogP contribution in [0.5, 0.6) is 0 Å². The Labute approximate surface area is 115 Å². The molecular formula is C16H25F2N. The third-order valence-corrected chi connectivity index (χ3v) is 3.38. The van der Waals surface area contributed by atoms with E-state index in [4.69, 9.17) is 0 Å². The quantitative estimate of drug-likeness (QED) is 0.858. The molecule has 1 nitrogen and oxygen atoms in total. The van der Waals surface area contributed by atoms with Crippen molar-refractivity contribution in [3.8, 4) is 0 Å². The second-order valence-corrected chi connectivity index (χ2v) is 6.89. The fourth-order valence-electron chi connectivity index (χ4n) is 2.06. The molecule has 0 aliphatic rings. The second-order valence-electron chi connectivity index (χ2n) is 6.89. The SMILES string of the molecule is Cc1cc(C(C)(C)CCNC(C)(C)C)c(F)cc1F. The molecule has 19 heavy (non-hydrogen) atoms. The standard InChI is InChI=1S/C16H25F2N/c1-11-9-12(14(18)10-13(11)17)16(5,6)7-8-19-15(2,3)4/h9-10,19H,7-8H2,1-6H3. The van der Waals surface area contributed by atoms with E-state index in [0.29, 0.717) is 11.1 Å². The summed E-state index contributed by atoms with van der Waals surface area (Å²) in [6, 6.07) is 2.62. The number of nitrogens with one attached hydrogen (secondary N) is 1. The number of aryl methyl sites for hydroxylation is 1. The predicted molar refractivity (Wildman–Crippen MR) is 76.5 cm³/mol. The van der Waals surface area contributed by atoms with Crippen LogP contribution in [0.3, 0.4) is 0 Å². The van der Waals surface area contributed by atoms with Crippen LogP contribution in [0.2, 0.25) is 0 Å². The maximum atomic E-state index is 13.9. The third-order valence-electron chi connectivity index (χ3n) is 3.38. The van der Waals surface area contributed by atoms with Crippen molar-refractivity contribution in [3.63, 3.8) is 0 Å². The van der Waals surface area contributed by atoms with E-state index in [2.05, 4.69) is 26.1 Å². The van der Waals surface area contributed by atoms with Gasteiger partial charge in [0.05, 0.1) is 0 Å². The molecule has 0 radical (unpaired) electrons. The Morgan fingerprint density at radius 1 is 1.00 bits per heavy atom. The molecule has 0 heterocycles. The van der Waals surface area contributed by atoms with E-state index in [1.165, 1.54) is 0 Å². The van der Waals surface area contributed by atoms with Gasteiger partial charge in [0, 0.05) is 11.6 Å². The first-order valence-corrected chi connectivity index (χ1v) is 6.74. The molecule has 3 heteroatoms. The van der Waals surface area contributed by atoms with Crippen LogP contribution in [0.4, 0.5) is 8.78 Å². The van der Waals surface area contributed by atoms with Gasteiger partial charge < -0.3 is 5.32 Å². The lowest BCUT2D eigenvalue weighted by Gasteiger charge is -2.29. The lowest BCUT2D eigenvalue weighted by Crippen LogP contribution is -2.38. The van der Waals surface area contributed by atoms with Gasteiger partial charge >= 0.3 is 0 Å². The molecular weight excluding hydrogens is 244 g/mol. The predicted octanol–water partition coefficient (Wildman–Crippen LogP) is 4.33. The highest BCUT2D eigenvalue weighted by atomic mass is 19.1. The summed E-state index contributed by atoms with van der Waals surface area (Å²) in [5, 5.41) is 3.40. The zero-order valence-electron chi connectivity index (χ0n) is 12.8. The largest absolute Gasteiger partial charge is 0.312 e. The Morgan fingerprint density at radius 2 is 1.58 bits per heavy atom. The maximum absolute atomic E-state index is 13.9. The summed E-state index contributed by atoms with van der Waals surface area (Å²) < 4.78 is 27.2. The van der Waals surface area contributed by atoms with Crippen molar-refractivity contribution in [1.29, 1.82) is 0 Å². The Morgan fingerprint density at radius 3 is 2.11 bits per heavy atom. The van der Waals surface area contributed by atoms with Gasteiger partial charge in [0.25, 0.3) is 0 Å². The summed E-state index contributed by atoms with van der Waals surface area (Å²) in [5.74, 6) is -0.936. The lowest BCUT2D eigenvalue weighted by atomic mass is 9.80. The van der Waals surface area contributed by atoms with Gasteiger partial charge in [-0.1, -0.05) is 13.8 Å². The zero-order valence-corrected chi connectivity index (χ0v) is 12.8. The number of hydrogen-bond donors (Lipinski definition) is 1. The number of rotatable bonds is 4. The normalized spacial score (nSPS) is 12.8. The molecule has 0 saturated carbocycles. The van der Waals surface area contributed by atoms with Crippen molar-refractivity contribution in [3.05, 3.63) is 34.9 Å². The molecule has 0 atom stereocenters. The van der Waals surface area contributed by atoms with Crippen molar-refractivity contribution in [2.45, 2.75) is 58.9 Å². The molecule has 0 bridgehead atoms. The van der Waals surface area contributed by atoms with Crippen molar-refractivity contribution in [2.75, 3.05) is 6.54 Å². The Balaban J connectivity index is 2.85. The smallest absolute Gasteiger partial charge is 0.129 e. The molecule has 108 valence electrons. The van der Waals surface area contributed by atoms with Gasteiger partial charge in [0.2, 0.25) is 0 Å². The van der Waals surface area contributed by atoms with Crippen LogP contribution in [0.1, 0.15) is 52.2 Å². The summed E-state index contributed by atoms with van der Waals surface area (Å²) in [5.41, 5.74) is 0.809. The second kappa shape index (κ2) is 5.58. The van der Waals surface area contributed by atoms with Gasteiger partial charge in [0.15, 0.2) is 0 Å². The van der Waals surface area contributed by atoms with E-state index in [-0.39, 0.29) is 11.0 Å². The number of benzene rings is 1. The van der Waals surface area contributed by atoms with Crippen LogP contribution in [0.25, 0.3) is 0 Å². The summed E-state index contributed by atoms with van der Waals surface area (Å²) >= 11 is 0. The van der Waals surface area contributed by atoms with Crippen LogP contribution in [0, 0.1) is 18.6 Å². The topological polar surface area (TPSA) is 12.0 Å². The Bertz CT molecular complexity index is 445. The van der Waals surface area contributed by atoms with Gasteiger partial charge in [-0.2, -0.15) is 0 Å². The summed E-state index contributed by atoms with van der Waals surface area (Å²) in [4.78, 5) is 0. The van der Waals surface area contributed by atoms with Crippen LogP contribution in [-0.4, -0.2) is 12.1 Å². The zero-order chi connectivity index (χ0) is 14.8. The fourth-order valence-corrected chi connectivity index (χ4v) is 2.06. The van der Waals surface area contributed by atoms with Crippen molar-refractivity contribution >= 4 is 0 Å². The number of hydrogen-bond acceptors (Lipinski definition) is 1. The third kappa shape index (κ3) is 4.57. The molecule has 0 amide bonds. The molecule has 0 aromatic heterocycles. The fraction of sp³-hybridized carbons (Fsp3) is 0.625. The van der Waals surface area contributed by atoms with Crippen LogP contribution < -0.4 is 5.32 Å². The summed E-state index contributed by atoms with van der Waals surface area (Å²) in [7, 11) is 0. The van der Waals surface area contributed by atoms with Gasteiger partial charge in [-0.25, -0.2) is 8.78 Å². The van der Waals surface area contributed by atoms with E-state index >= 15 is 0 Å².